The molecule has 2 fully saturated rings. The fraction of sp³-hybridized carbons (Fsp3) is 0.417. The zero-order chi connectivity index (χ0) is 12.6. The molecule has 1 aromatic rings. The maximum Gasteiger partial charge on any atom is 0.343 e. The summed E-state index contributed by atoms with van der Waals surface area (Å²) in [4.78, 5) is 15.2. The lowest BCUT2D eigenvalue weighted by Gasteiger charge is -2.32. The monoisotopic (exact) mass is 251 g/mol. The molecule has 2 unspecified atom stereocenters. The third-order valence-corrected chi connectivity index (χ3v) is 2.89. The third kappa shape index (κ3) is 1.62. The molecule has 18 heavy (non-hydrogen) atoms. The second-order valence-electron chi connectivity index (χ2n) is 4.15. The number of hydrogen-bond donors (Lipinski definition) is 0. The molecule has 0 saturated carbocycles. The van der Waals surface area contributed by atoms with E-state index in [9.17, 15) is 0 Å². The van der Waals surface area contributed by atoms with Crippen molar-refractivity contribution in [3.8, 4) is 0 Å². The van der Waals surface area contributed by atoms with Crippen molar-refractivity contribution in [2.45, 2.75) is 18.7 Å². The van der Waals surface area contributed by atoms with Gasteiger partial charge in [0.1, 0.15) is 19.4 Å². The van der Waals surface area contributed by atoms with Crippen LogP contribution in [0.4, 0.5) is 0 Å². The molecule has 0 N–H and O–H groups in total. The number of benzene rings is 1. The van der Waals surface area contributed by atoms with Crippen molar-refractivity contribution in [2.24, 2.45) is 5.16 Å². The van der Waals surface area contributed by atoms with Crippen molar-refractivity contribution in [2.75, 3.05) is 13.7 Å². The lowest BCUT2D eigenvalue weighted by Crippen LogP contribution is -2.48. The molecular formula is C12H13NO5. The summed E-state index contributed by atoms with van der Waals surface area (Å²) in [7, 11) is 1.45. The van der Waals surface area contributed by atoms with Crippen molar-refractivity contribution in [3.63, 3.8) is 0 Å². The van der Waals surface area contributed by atoms with Gasteiger partial charge in [0.2, 0.25) is 5.79 Å². The third-order valence-electron chi connectivity index (χ3n) is 2.89. The van der Waals surface area contributed by atoms with Crippen molar-refractivity contribution in [3.05, 3.63) is 35.9 Å². The number of fused-ring (bicyclic) bond motifs is 2. The average molecular weight is 251 g/mol. The van der Waals surface area contributed by atoms with Crippen molar-refractivity contribution in [1.29, 1.82) is 0 Å². The molecule has 2 aliphatic heterocycles. The Hall–Kier alpha value is -1.47. The first-order valence-electron chi connectivity index (χ1n) is 5.55. The highest BCUT2D eigenvalue weighted by atomic mass is 17.3. The van der Waals surface area contributed by atoms with Gasteiger partial charge in [0.25, 0.3) is 0 Å². The van der Waals surface area contributed by atoms with Gasteiger partial charge in [-0.2, -0.15) is 9.78 Å². The maximum atomic E-state index is 5.75. The van der Waals surface area contributed by atoms with Crippen LogP contribution in [0, 0.1) is 0 Å². The van der Waals surface area contributed by atoms with Crippen LogP contribution >= 0.6 is 0 Å². The Kier molecular flexibility index (Phi) is 2.60. The molecule has 1 aromatic carbocycles. The van der Waals surface area contributed by atoms with Gasteiger partial charge in [0, 0.05) is 5.56 Å². The lowest BCUT2D eigenvalue weighted by molar-refractivity contribution is -0.419. The van der Waals surface area contributed by atoms with E-state index in [-0.39, 0.29) is 6.61 Å². The number of ether oxygens (including phenoxy) is 2. The van der Waals surface area contributed by atoms with E-state index in [0.717, 1.165) is 5.56 Å². The van der Waals surface area contributed by atoms with E-state index in [2.05, 4.69) is 5.16 Å². The molecule has 3 rings (SSSR count). The van der Waals surface area contributed by atoms with Crippen LogP contribution < -0.4 is 0 Å². The minimum atomic E-state index is -1.33. The SMILES string of the molecule is CO/N=C1\COC2(c3ccccc3)OOC1(C)O2. The Labute approximate surface area is 104 Å². The molecule has 0 radical (unpaired) electrons. The normalized spacial score (nSPS) is 36.9. The smallest absolute Gasteiger partial charge is 0.343 e. The Morgan fingerprint density at radius 1 is 1.22 bits per heavy atom. The van der Waals surface area contributed by atoms with Crippen LogP contribution in [-0.4, -0.2) is 25.2 Å². The molecule has 6 heteroatoms. The Bertz CT molecular complexity index is 477. The van der Waals surface area contributed by atoms with E-state index in [4.69, 9.17) is 24.1 Å². The molecule has 2 aliphatic rings. The molecular weight excluding hydrogens is 238 g/mol. The summed E-state index contributed by atoms with van der Waals surface area (Å²) in [6, 6.07) is 9.32. The minimum Gasteiger partial charge on any atom is -0.399 e. The lowest BCUT2D eigenvalue weighted by atomic mass is 10.1. The highest BCUT2D eigenvalue weighted by Crippen LogP contribution is 2.45. The number of rotatable bonds is 2. The molecule has 96 valence electrons. The molecule has 0 aliphatic carbocycles. The molecule has 0 spiro atoms. The average Bonchev–Trinajstić information content (AvgIpc) is 2.69. The summed E-state index contributed by atoms with van der Waals surface area (Å²) in [5.74, 6) is -2.42. The number of oxime groups is 1. The zero-order valence-electron chi connectivity index (χ0n) is 10.1. The van der Waals surface area contributed by atoms with E-state index in [0.29, 0.717) is 5.71 Å². The van der Waals surface area contributed by atoms with Crippen molar-refractivity contribution < 1.29 is 24.1 Å². The van der Waals surface area contributed by atoms with Crippen LogP contribution in [0.1, 0.15) is 12.5 Å². The van der Waals surface area contributed by atoms with E-state index in [1.54, 1.807) is 6.92 Å². The second-order valence-corrected chi connectivity index (χ2v) is 4.15. The highest BCUT2D eigenvalue weighted by molar-refractivity contribution is 5.92. The van der Waals surface area contributed by atoms with Crippen molar-refractivity contribution in [1.82, 2.24) is 0 Å². The van der Waals surface area contributed by atoms with Gasteiger partial charge in [-0.25, -0.2) is 0 Å². The highest BCUT2D eigenvalue weighted by Gasteiger charge is 2.60. The first kappa shape index (κ1) is 11.6. The van der Waals surface area contributed by atoms with Gasteiger partial charge in [-0.15, -0.1) is 0 Å². The standard InChI is InChI=1S/C12H13NO5/c1-11-10(13-14-2)8-15-12(16-11,18-17-11)9-6-4-3-5-7-9/h3-7H,8H2,1-2H3/b13-10+. The van der Waals surface area contributed by atoms with Gasteiger partial charge in [0.05, 0.1) is 0 Å². The summed E-state index contributed by atoms with van der Waals surface area (Å²) < 4.78 is 11.3. The predicted molar refractivity (Wildman–Crippen MR) is 60.2 cm³/mol. The Balaban J connectivity index is 1.95. The molecule has 2 bridgehead atoms. The summed E-state index contributed by atoms with van der Waals surface area (Å²) in [5, 5.41) is 3.82. The van der Waals surface area contributed by atoms with E-state index in [1.165, 1.54) is 7.11 Å². The van der Waals surface area contributed by atoms with Gasteiger partial charge in [0.15, 0.2) is 0 Å². The van der Waals surface area contributed by atoms with E-state index >= 15 is 0 Å². The molecule has 2 saturated heterocycles. The molecule has 6 nitrogen and oxygen atoms in total. The topological polar surface area (TPSA) is 58.5 Å². The van der Waals surface area contributed by atoms with Gasteiger partial charge >= 0.3 is 5.97 Å². The molecule has 0 amide bonds. The fourth-order valence-electron chi connectivity index (χ4n) is 1.93. The van der Waals surface area contributed by atoms with E-state index in [1.807, 2.05) is 30.3 Å². The summed E-state index contributed by atoms with van der Waals surface area (Å²) in [6.45, 7) is 1.91. The predicted octanol–water partition coefficient (Wildman–Crippen LogP) is 1.52. The van der Waals surface area contributed by atoms with Crippen LogP contribution in [0.3, 0.4) is 0 Å². The minimum absolute atomic E-state index is 0.208. The van der Waals surface area contributed by atoms with Crippen LogP contribution in [-0.2, 0) is 30.1 Å². The fourth-order valence-corrected chi connectivity index (χ4v) is 1.93. The molecule has 2 atom stereocenters. The van der Waals surface area contributed by atoms with Crippen LogP contribution in [0.5, 0.6) is 0 Å². The van der Waals surface area contributed by atoms with Crippen LogP contribution in [0.15, 0.2) is 35.5 Å². The largest absolute Gasteiger partial charge is 0.399 e. The van der Waals surface area contributed by atoms with Crippen LogP contribution in [0.25, 0.3) is 0 Å². The first-order chi connectivity index (χ1) is 8.69. The number of hydrogen-bond acceptors (Lipinski definition) is 6. The van der Waals surface area contributed by atoms with Gasteiger partial charge in [-0.3, -0.25) is 4.74 Å². The summed E-state index contributed by atoms with van der Waals surface area (Å²) >= 11 is 0. The zero-order valence-corrected chi connectivity index (χ0v) is 10.1. The summed E-state index contributed by atoms with van der Waals surface area (Å²) in [6.07, 6.45) is 0. The van der Waals surface area contributed by atoms with Gasteiger partial charge in [-0.05, 0) is 6.92 Å². The van der Waals surface area contributed by atoms with Gasteiger partial charge < -0.3 is 9.57 Å². The maximum absolute atomic E-state index is 5.75. The molecule has 2 heterocycles. The van der Waals surface area contributed by atoms with E-state index < -0.39 is 11.8 Å². The number of nitrogens with zero attached hydrogens (tertiary/aromatic N) is 1. The summed E-state index contributed by atoms with van der Waals surface area (Å²) in [5.41, 5.74) is 1.21. The van der Waals surface area contributed by atoms with Crippen molar-refractivity contribution >= 4 is 5.71 Å². The Morgan fingerprint density at radius 2 is 2.00 bits per heavy atom. The second kappa shape index (κ2) is 4.03. The Morgan fingerprint density at radius 3 is 2.72 bits per heavy atom. The van der Waals surface area contributed by atoms with Gasteiger partial charge in [-0.1, -0.05) is 35.5 Å². The molecule has 0 aromatic heterocycles. The quantitative estimate of drug-likeness (QED) is 0.589. The first-order valence-corrected chi connectivity index (χ1v) is 5.55. The van der Waals surface area contributed by atoms with Crippen LogP contribution in [0.2, 0.25) is 0 Å².